The van der Waals surface area contributed by atoms with E-state index in [1.54, 1.807) is 0 Å². The Bertz CT molecular complexity index is 423. The van der Waals surface area contributed by atoms with E-state index in [1.807, 2.05) is 0 Å². The van der Waals surface area contributed by atoms with Crippen LogP contribution < -0.4 is 15.5 Å². The highest BCUT2D eigenvalue weighted by Gasteiger charge is 2.23. The lowest BCUT2D eigenvalue weighted by atomic mass is 10.0. The van der Waals surface area contributed by atoms with Crippen LogP contribution in [-0.2, 0) is 0 Å². The number of benzene rings is 1. The number of piperidine rings is 1. The van der Waals surface area contributed by atoms with Gasteiger partial charge in [-0.15, -0.1) is 0 Å². The molecule has 0 saturated carbocycles. The van der Waals surface area contributed by atoms with Crippen molar-refractivity contribution in [1.82, 2.24) is 10.6 Å². The Balaban J connectivity index is 1.55. The number of aryl methyl sites for hydroxylation is 2. The summed E-state index contributed by atoms with van der Waals surface area (Å²) in [7, 11) is 0. The quantitative estimate of drug-likeness (QED) is 0.884. The van der Waals surface area contributed by atoms with Crippen molar-refractivity contribution in [2.45, 2.75) is 45.2 Å². The van der Waals surface area contributed by atoms with Gasteiger partial charge < -0.3 is 15.5 Å². The summed E-state index contributed by atoms with van der Waals surface area (Å²) >= 11 is 0. The zero-order chi connectivity index (χ0) is 13.9. The number of nitrogens with one attached hydrogen (secondary N) is 2. The van der Waals surface area contributed by atoms with Gasteiger partial charge >= 0.3 is 0 Å². The fourth-order valence-electron chi connectivity index (χ4n) is 3.57. The van der Waals surface area contributed by atoms with Crippen LogP contribution in [0.25, 0.3) is 0 Å². The maximum atomic E-state index is 3.82. The van der Waals surface area contributed by atoms with Gasteiger partial charge in [0.15, 0.2) is 0 Å². The maximum absolute atomic E-state index is 3.82. The topological polar surface area (TPSA) is 27.3 Å². The van der Waals surface area contributed by atoms with E-state index < -0.39 is 0 Å². The van der Waals surface area contributed by atoms with Gasteiger partial charge in [-0.05, 0) is 62.9 Å². The van der Waals surface area contributed by atoms with Crippen molar-refractivity contribution in [2.75, 3.05) is 31.1 Å². The highest BCUT2D eigenvalue weighted by molar-refractivity contribution is 5.51. The first kappa shape index (κ1) is 13.9. The first-order valence-electron chi connectivity index (χ1n) is 8.01. The smallest absolute Gasteiger partial charge is 0.0371 e. The Hall–Kier alpha value is -1.06. The number of hydrogen-bond donors (Lipinski definition) is 2. The first-order chi connectivity index (χ1) is 9.70. The van der Waals surface area contributed by atoms with Crippen LogP contribution in [0.4, 0.5) is 5.69 Å². The summed E-state index contributed by atoms with van der Waals surface area (Å²) in [5, 5.41) is 7.26. The van der Waals surface area contributed by atoms with Crippen molar-refractivity contribution in [3.63, 3.8) is 0 Å². The van der Waals surface area contributed by atoms with Crippen molar-refractivity contribution in [3.8, 4) is 0 Å². The van der Waals surface area contributed by atoms with Crippen molar-refractivity contribution >= 4 is 5.69 Å². The van der Waals surface area contributed by atoms with E-state index in [2.05, 4.69) is 47.6 Å². The molecule has 20 heavy (non-hydrogen) atoms. The molecule has 3 nitrogen and oxygen atoms in total. The largest absolute Gasteiger partial charge is 0.371 e. The Morgan fingerprint density at radius 1 is 1.00 bits per heavy atom. The molecule has 0 amide bonds. The molecule has 1 aromatic carbocycles. The van der Waals surface area contributed by atoms with Crippen LogP contribution in [0.2, 0.25) is 0 Å². The Kier molecular flexibility index (Phi) is 4.27. The molecule has 0 bridgehead atoms. The number of hydrogen-bond acceptors (Lipinski definition) is 3. The summed E-state index contributed by atoms with van der Waals surface area (Å²) in [5.41, 5.74) is 4.15. The lowest BCUT2D eigenvalue weighted by molar-refractivity contribution is 0.375. The van der Waals surface area contributed by atoms with Crippen LogP contribution in [0.3, 0.4) is 0 Å². The zero-order valence-corrected chi connectivity index (χ0v) is 12.8. The fourth-order valence-corrected chi connectivity index (χ4v) is 3.57. The maximum Gasteiger partial charge on any atom is 0.0371 e. The molecule has 3 rings (SSSR count). The van der Waals surface area contributed by atoms with Crippen LogP contribution in [-0.4, -0.2) is 38.3 Å². The van der Waals surface area contributed by atoms with Crippen molar-refractivity contribution < 1.29 is 0 Å². The van der Waals surface area contributed by atoms with E-state index in [9.17, 15) is 0 Å². The summed E-state index contributed by atoms with van der Waals surface area (Å²) in [5.74, 6) is 0. The third-order valence-corrected chi connectivity index (χ3v) is 4.60. The van der Waals surface area contributed by atoms with Gasteiger partial charge in [0.1, 0.15) is 0 Å². The van der Waals surface area contributed by atoms with Gasteiger partial charge in [0.2, 0.25) is 0 Å². The SMILES string of the molecule is Cc1cc(C)cc(N2CCC(N[C@@H]3CCNC3)CC2)c1. The molecule has 3 heteroatoms. The average molecular weight is 273 g/mol. The van der Waals surface area contributed by atoms with Gasteiger partial charge in [0, 0.05) is 37.4 Å². The lowest BCUT2D eigenvalue weighted by Gasteiger charge is -2.35. The first-order valence-corrected chi connectivity index (χ1v) is 8.01. The third-order valence-electron chi connectivity index (χ3n) is 4.60. The van der Waals surface area contributed by atoms with Crippen LogP contribution >= 0.6 is 0 Å². The molecule has 0 aliphatic carbocycles. The highest BCUT2D eigenvalue weighted by atomic mass is 15.2. The molecule has 0 aromatic heterocycles. The highest BCUT2D eigenvalue weighted by Crippen LogP contribution is 2.23. The molecular formula is C17H27N3. The second-order valence-corrected chi connectivity index (χ2v) is 6.46. The van der Waals surface area contributed by atoms with Gasteiger partial charge in [0.05, 0.1) is 0 Å². The number of anilines is 1. The molecule has 2 saturated heterocycles. The van der Waals surface area contributed by atoms with E-state index >= 15 is 0 Å². The van der Waals surface area contributed by atoms with E-state index in [-0.39, 0.29) is 0 Å². The molecule has 2 aliphatic rings. The van der Waals surface area contributed by atoms with Crippen LogP contribution in [0.5, 0.6) is 0 Å². The van der Waals surface area contributed by atoms with Gasteiger partial charge in [0.25, 0.3) is 0 Å². The summed E-state index contributed by atoms with van der Waals surface area (Å²) in [6.45, 7) is 9.08. The van der Waals surface area contributed by atoms with E-state index in [0.717, 1.165) is 6.54 Å². The third kappa shape index (κ3) is 3.33. The van der Waals surface area contributed by atoms with Crippen molar-refractivity contribution in [1.29, 1.82) is 0 Å². The van der Waals surface area contributed by atoms with Gasteiger partial charge in [-0.25, -0.2) is 0 Å². The van der Waals surface area contributed by atoms with E-state index in [1.165, 1.54) is 55.7 Å². The van der Waals surface area contributed by atoms with E-state index in [0.29, 0.717) is 12.1 Å². The molecule has 0 radical (unpaired) electrons. The molecule has 1 aromatic rings. The second kappa shape index (κ2) is 6.15. The number of nitrogens with zero attached hydrogens (tertiary/aromatic N) is 1. The monoisotopic (exact) mass is 273 g/mol. The lowest BCUT2D eigenvalue weighted by Crippen LogP contribution is -2.46. The number of rotatable bonds is 3. The minimum Gasteiger partial charge on any atom is -0.371 e. The van der Waals surface area contributed by atoms with Gasteiger partial charge in [-0.3, -0.25) is 0 Å². The molecular weight excluding hydrogens is 246 g/mol. The normalized spacial score (nSPS) is 24.3. The van der Waals surface area contributed by atoms with Crippen molar-refractivity contribution in [2.24, 2.45) is 0 Å². The molecule has 2 fully saturated rings. The molecule has 2 heterocycles. The Morgan fingerprint density at radius 3 is 2.30 bits per heavy atom. The zero-order valence-electron chi connectivity index (χ0n) is 12.8. The van der Waals surface area contributed by atoms with Crippen molar-refractivity contribution in [3.05, 3.63) is 29.3 Å². The summed E-state index contributed by atoms with van der Waals surface area (Å²) in [6.07, 6.45) is 3.82. The molecule has 110 valence electrons. The fraction of sp³-hybridized carbons (Fsp3) is 0.647. The summed E-state index contributed by atoms with van der Waals surface area (Å²) in [4.78, 5) is 2.55. The second-order valence-electron chi connectivity index (χ2n) is 6.46. The average Bonchev–Trinajstić information content (AvgIpc) is 2.91. The van der Waals surface area contributed by atoms with Crippen LogP contribution in [0.1, 0.15) is 30.4 Å². The predicted molar refractivity (Wildman–Crippen MR) is 85.6 cm³/mol. The minimum atomic E-state index is 0.702. The van der Waals surface area contributed by atoms with Crippen LogP contribution in [0, 0.1) is 13.8 Å². The Labute approximate surface area is 122 Å². The Morgan fingerprint density at radius 2 is 1.70 bits per heavy atom. The molecule has 2 N–H and O–H groups in total. The molecule has 2 aliphatic heterocycles. The molecule has 0 unspecified atom stereocenters. The summed E-state index contributed by atoms with van der Waals surface area (Å²) in [6, 6.07) is 8.31. The molecule has 1 atom stereocenters. The molecule has 0 spiro atoms. The van der Waals surface area contributed by atoms with Crippen LogP contribution in [0.15, 0.2) is 18.2 Å². The summed E-state index contributed by atoms with van der Waals surface area (Å²) < 4.78 is 0. The van der Waals surface area contributed by atoms with Gasteiger partial charge in [-0.1, -0.05) is 6.07 Å². The predicted octanol–water partition coefficient (Wildman–Crippen LogP) is 2.22. The minimum absolute atomic E-state index is 0.702. The van der Waals surface area contributed by atoms with Gasteiger partial charge in [-0.2, -0.15) is 0 Å². The van der Waals surface area contributed by atoms with E-state index in [4.69, 9.17) is 0 Å². The standard InChI is InChI=1S/C17H27N3/c1-13-9-14(2)11-17(10-13)20-7-4-15(5-8-20)19-16-3-6-18-12-16/h9-11,15-16,18-19H,3-8,12H2,1-2H3/t16-/m1/s1.